The normalized spacial score (nSPS) is 10.5. The lowest BCUT2D eigenvalue weighted by atomic mass is 10.1. The summed E-state index contributed by atoms with van der Waals surface area (Å²) in [6.07, 6.45) is 6.43. The molecule has 3 rings (SSSR count). The Kier molecular flexibility index (Phi) is 3.79. The van der Waals surface area contributed by atoms with E-state index in [-0.39, 0.29) is 10.9 Å². The molecule has 104 valence electrons. The van der Waals surface area contributed by atoms with Gasteiger partial charge in [-0.1, -0.05) is 41.9 Å². The van der Waals surface area contributed by atoms with Crippen molar-refractivity contribution in [2.45, 2.75) is 6.54 Å². The molecule has 21 heavy (non-hydrogen) atoms. The van der Waals surface area contributed by atoms with Crippen molar-refractivity contribution in [1.29, 1.82) is 0 Å². The van der Waals surface area contributed by atoms with Crippen LogP contribution < -0.4 is 0 Å². The Bertz CT molecular complexity index is 768. The summed E-state index contributed by atoms with van der Waals surface area (Å²) < 4.78 is 1.96. The molecule has 2 heterocycles. The van der Waals surface area contributed by atoms with Gasteiger partial charge in [-0.25, -0.2) is 9.97 Å². The molecule has 3 aromatic rings. The van der Waals surface area contributed by atoms with E-state index in [0.717, 1.165) is 0 Å². The summed E-state index contributed by atoms with van der Waals surface area (Å²) in [5.74, 6) is -0.174. The third kappa shape index (κ3) is 3.01. The summed E-state index contributed by atoms with van der Waals surface area (Å²) in [5, 5.41) is 0.172. The zero-order valence-corrected chi connectivity index (χ0v) is 11.9. The van der Waals surface area contributed by atoms with Gasteiger partial charge in [-0.3, -0.25) is 4.79 Å². The van der Waals surface area contributed by atoms with Gasteiger partial charge in [0.15, 0.2) is 5.78 Å². The summed E-state index contributed by atoms with van der Waals surface area (Å²) >= 11 is 5.93. The van der Waals surface area contributed by atoms with E-state index in [0.29, 0.717) is 17.7 Å². The molecule has 0 N–H and O–H groups in total. The molecular weight excluding hydrogens is 286 g/mol. The number of benzene rings is 1. The highest BCUT2D eigenvalue weighted by Gasteiger charge is 2.15. The summed E-state index contributed by atoms with van der Waals surface area (Å²) in [6.45, 7) is 0.715. The van der Waals surface area contributed by atoms with Crippen LogP contribution in [0, 0.1) is 0 Å². The number of ketones is 1. The van der Waals surface area contributed by atoms with Gasteiger partial charge in [0, 0.05) is 30.7 Å². The molecule has 0 amide bonds. The average Bonchev–Trinajstić information content (AvgIpc) is 2.97. The molecule has 1 aromatic carbocycles. The third-order valence-electron chi connectivity index (χ3n) is 3.13. The fourth-order valence-corrected chi connectivity index (χ4v) is 2.27. The SMILES string of the molecule is O=C(c1ccn(Cc2ccccc2)c1)c1cncnc1Cl. The first-order chi connectivity index (χ1) is 10.2. The number of rotatable bonds is 4. The van der Waals surface area contributed by atoms with E-state index >= 15 is 0 Å². The first kappa shape index (κ1) is 13.5. The molecule has 0 aliphatic carbocycles. The predicted molar refractivity (Wildman–Crippen MR) is 80.5 cm³/mol. The maximum atomic E-state index is 12.4. The van der Waals surface area contributed by atoms with Crippen molar-refractivity contribution in [2.75, 3.05) is 0 Å². The number of hydrogen-bond donors (Lipinski definition) is 0. The second-order valence-corrected chi connectivity index (χ2v) is 4.97. The zero-order chi connectivity index (χ0) is 14.7. The molecule has 0 atom stereocenters. The molecule has 0 unspecified atom stereocenters. The molecule has 0 saturated heterocycles. The van der Waals surface area contributed by atoms with Crippen molar-refractivity contribution in [3.63, 3.8) is 0 Å². The van der Waals surface area contributed by atoms with Crippen molar-refractivity contribution >= 4 is 17.4 Å². The zero-order valence-electron chi connectivity index (χ0n) is 11.1. The van der Waals surface area contributed by atoms with E-state index in [1.165, 1.54) is 18.1 Å². The second kappa shape index (κ2) is 5.89. The Labute approximate surface area is 127 Å². The van der Waals surface area contributed by atoms with Crippen LogP contribution in [0.5, 0.6) is 0 Å². The lowest BCUT2D eigenvalue weighted by molar-refractivity contribution is 0.103. The number of nitrogens with zero attached hydrogens (tertiary/aromatic N) is 3. The van der Waals surface area contributed by atoms with Gasteiger partial charge in [-0.2, -0.15) is 0 Å². The van der Waals surface area contributed by atoms with E-state index in [4.69, 9.17) is 11.6 Å². The molecule has 5 heteroatoms. The van der Waals surface area contributed by atoms with Gasteiger partial charge in [0.1, 0.15) is 11.5 Å². The van der Waals surface area contributed by atoms with E-state index < -0.39 is 0 Å². The topological polar surface area (TPSA) is 47.8 Å². The quantitative estimate of drug-likeness (QED) is 0.549. The Hall–Kier alpha value is -2.46. The molecule has 0 fully saturated rings. The van der Waals surface area contributed by atoms with Crippen LogP contribution in [0.4, 0.5) is 0 Å². The second-order valence-electron chi connectivity index (χ2n) is 4.61. The van der Waals surface area contributed by atoms with Crippen LogP contribution in [0.15, 0.2) is 61.3 Å². The average molecular weight is 298 g/mol. The van der Waals surface area contributed by atoms with Crippen LogP contribution in [0.25, 0.3) is 0 Å². The molecule has 0 radical (unpaired) electrons. The highest BCUT2D eigenvalue weighted by atomic mass is 35.5. The fourth-order valence-electron chi connectivity index (χ4n) is 2.09. The number of carbonyl (C=O) groups is 1. The maximum Gasteiger partial charge on any atom is 0.199 e. The van der Waals surface area contributed by atoms with Gasteiger partial charge in [0.2, 0.25) is 0 Å². The monoisotopic (exact) mass is 297 g/mol. The first-order valence-electron chi connectivity index (χ1n) is 6.44. The van der Waals surface area contributed by atoms with E-state index in [9.17, 15) is 4.79 Å². The van der Waals surface area contributed by atoms with Gasteiger partial charge in [-0.05, 0) is 11.6 Å². The Morgan fingerprint density at radius 1 is 1.19 bits per heavy atom. The van der Waals surface area contributed by atoms with Crippen LogP contribution in [-0.2, 0) is 6.54 Å². The molecule has 2 aromatic heterocycles. The van der Waals surface area contributed by atoms with Crippen LogP contribution in [0.2, 0.25) is 5.15 Å². The maximum absolute atomic E-state index is 12.4. The summed E-state index contributed by atoms with van der Waals surface area (Å²) in [6, 6.07) is 11.8. The van der Waals surface area contributed by atoms with Crippen molar-refractivity contribution in [2.24, 2.45) is 0 Å². The number of halogens is 1. The number of carbonyl (C=O) groups excluding carboxylic acids is 1. The third-order valence-corrected chi connectivity index (χ3v) is 3.43. The lowest BCUT2D eigenvalue weighted by Gasteiger charge is -2.02. The van der Waals surface area contributed by atoms with Crippen LogP contribution in [0.1, 0.15) is 21.5 Å². The summed E-state index contributed by atoms with van der Waals surface area (Å²) in [4.78, 5) is 20.0. The predicted octanol–water partition coefficient (Wildman–Crippen LogP) is 3.21. The van der Waals surface area contributed by atoms with Gasteiger partial charge in [0.25, 0.3) is 0 Å². The van der Waals surface area contributed by atoms with Gasteiger partial charge >= 0.3 is 0 Å². The van der Waals surface area contributed by atoms with Crippen molar-refractivity contribution in [3.05, 3.63) is 83.2 Å². The van der Waals surface area contributed by atoms with Gasteiger partial charge < -0.3 is 4.57 Å². The molecule has 4 nitrogen and oxygen atoms in total. The van der Waals surface area contributed by atoms with Gasteiger partial charge in [0.05, 0.1) is 5.56 Å². The van der Waals surface area contributed by atoms with E-state index in [1.54, 1.807) is 12.3 Å². The Balaban J connectivity index is 1.82. The van der Waals surface area contributed by atoms with Crippen molar-refractivity contribution in [1.82, 2.24) is 14.5 Å². The molecular formula is C16H12ClN3O. The fraction of sp³-hybridized carbons (Fsp3) is 0.0625. The van der Waals surface area contributed by atoms with Crippen molar-refractivity contribution < 1.29 is 4.79 Å². The highest BCUT2D eigenvalue weighted by molar-refractivity contribution is 6.33. The molecule has 0 spiro atoms. The minimum atomic E-state index is -0.174. The van der Waals surface area contributed by atoms with Crippen LogP contribution in [0.3, 0.4) is 0 Å². The molecule has 0 saturated carbocycles. The minimum Gasteiger partial charge on any atom is -0.349 e. The molecule has 0 aliphatic heterocycles. The standard InChI is InChI=1S/C16H12ClN3O/c17-16-14(8-18-11-19-16)15(21)13-6-7-20(10-13)9-12-4-2-1-3-5-12/h1-8,10-11H,9H2. The Morgan fingerprint density at radius 3 is 2.76 bits per heavy atom. The first-order valence-corrected chi connectivity index (χ1v) is 6.82. The smallest absolute Gasteiger partial charge is 0.199 e. The Morgan fingerprint density at radius 2 is 2.00 bits per heavy atom. The van der Waals surface area contributed by atoms with Gasteiger partial charge in [-0.15, -0.1) is 0 Å². The summed E-state index contributed by atoms with van der Waals surface area (Å²) in [5.41, 5.74) is 2.06. The highest BCUT2D eigenvalue weighted by Crippen LogP contribution is 2.16. The number of hydrogen-bond acceptors (Lipinski definition) is 3. The van der Waals surface area contributed by atoms with Crippen LogP contribution >= 0.6 is 11.6 Å². The molecule has 0 aliphatic rings. The summed E-state index contributed by atoms with van der Waals surface area (Å²) in [7, 11) is 0. The van der Waals surface area contributed by atoms with Crippen molar-refractivity contribution in [3.8, 4) is 0 Å². The minimum absolute atomic E-state index is 0.172. The van der Waals surface area contributed by atoms with E-state index in [1.807, 2.05) is 41.1 Å². The lowest BCUT2D eigenvalue weighted by Crippen LogP contribution is -2.03. The van der Waals surface area contributed by atoms with Crippen LogP contribution in [-0.4, -0.2) is 20.3 Å². The number of aromatic nitrogens is 3. The molecule has 0 bridgehead atoms. The largest absolute Gasteiger partial charge is 0.349 e. The van der Waals surface area contributed by atoms with E-state index in [2.05, 4.69) is 9.97 Å².